The summed E-state index contributed by atoms with van der Waals surface area (Å²) in [6, 6.07) is 0. The normalized spacial score (nSPS) is 24.8. The van der Waals surface area contributed by atoms with E-state index >= 15 is 0 Å². The molecule has 0 radical (unpaired) electrons. The number of piperidine rings is 3. The maximum Gasteiger partial charge on any atom is 0.410 e. The predicted octanol–water partition coefficient (Wildman–Crippen LogP) is 2.65. The fourth-order valence-corrected chi connectivity index (χ4v) is 8.50. The van der Waals surface area contributed by atoms with E-state index in [1.54, 1.807) is 18.7 Å². The highest BCUT2D eigenvalue weighted by atomic mass is 32.2. The largest absolute Gasteiger partial charge is 0.466 e. The summed E-state index contributed by atoms with van der Waals surface area (Å²) in [5, 5.41) is 0. The fraction of sp³-hybridized carbons (Fsp3) is 0.892. The molecule has 16 nitrogen and oxygen atoms in total. The molecule has 0 saturated carbocycles. The zero-order valence-corrected chi connectivity index (χ0v) is 34.0. The van der Waals surface area contributed by atoms with Crippen LogP contribution in [0.5, 0.6) is 0 Å². The monoisotopic (exact) mass is 787 g/mol. The highest BCUT2D eigenvalue weighted by Crippen LogP contribution is 2.37. The van der Waals surface area contributed by atoms with Crippen LogP contribution < -0.4 is 0 Å². The molecule has 2 amide bonds. The first-order chi connectivity index (χ1) is 25.8. The minimum absolute atomic E-state index is 0.0521. The molecule has 0 aromatic carbocycles. The molecular formula is C37H65N5O11S. The van der Waals surface area contributed by atoms with Crippen LogP contribution in [0.25, 0.3) is 0 Å². The highest BCUT2D eigenvalue weighted by Gasteiger charge is 2.46. The summed E-state index contributed by atoms with van der Waals surface area (Å²) in [5.41, 5.74) is -0.829. The lowest BCUT2D eigenvalue weighted by Gasteiger charge is -2.39. The SMILES string of the molecule is CCN1CCC(CN2CC(COS(C)(=O)=O)OC2=O)CC1.CCOC(=O)CC1(C(=O)OCC)CCN(CC2CN(CC3CCN(CC)CC3)C(=O)O2)CC1. The second-order valence-corrected chi connectivity index (χ2v) is 17.0. The molecule has 54 heavy (non-hydrogen) atoms. The molecule has 310 valence electrons. The van der Waals surface area contributed by atoms with Crippen molar-refractivity contribution < 1.29 is 50.7 Å². The number of amides is 2. The Labute approximate surface area is 322 Å². The van der Waals surface area contributed by atoms with E-state index in [0.717, 1.165) is 77.8 Å². The highest BCUT2D eigenvalue weighted by molar-refractivity contribution is 7.85. The number of hydrogen-bond acceptors (Lipinski definition) is 14. The molecule has 5 aliphatic heterocycles. The first-order valence-corrected chi connectivity index (χ1v) is 21.8. The molecule has 5 saturated heterocycles. The van der Waals surface area contributed by atoms with Crippen LogP contribution >= 0.6 is 0 Å². The number of hydrogen-bond donors (Lipinski definition) is 0. The summed E-state index contributed by atoms with van der Waals surface area (Å²) in [7, 11) is -3.50. The lowest BCUT2D eigenvalue weighted by atomic mass is 9.75. The molecule has 5 fully saturated rings. The Bertz CT molecular complexity index is 1330. The van der Waals surface area contributed by atoms with Crippen molar-refractivity contribution in [1.29, 1.82) is 0 Å². The van der Waals surface area contributed by atoms with Gasteiger partial charge in [-0.25, -0.2) is 9.59 Å². The van der Waals surface area contributed by atoms with Gasteiger partial charge in [-0.15, -0.1) is 0 Å². The minimum Gasteiger partial charge on any atom is -0.466 e. The number of esters is 2. The van der Waals surface area contributed by atoms with E-state index in [1.165, 1.54) is 0 Å². The number of cyclic esters (lactones) is 2. The standard InChI is InChI=1S/C24H41N3O6.C13H24N2O5S/c1-4-25-11-7-19(8-12-25)16-27-18-20(33-23(27)30)17-26-13-9-24(10-14-26,22(29)32-6-3)15-21(28)31-5-2;1-3-14-6-4-11(5-7-14)8-15-9-12(20-13(15)16)10-19-21(2,17)18/h19-20H,4-18H2,1-3H3;11-12H,3-10H2,1-2H3. The van der Waals surface area contributed by atoms with E-state index in [4.69, 9.17) is 23.1 Å². The van der Waals surface area contributed by atoms with Crippen LogP contribution in [0.2, 0.25) is 0 Å². The van der Waals surface area contributed by atoms with Crippen molar-refractivity contribution in [2.45, 2.75) is 84.8 Å². The number of rotatable bonds is 16. The number of carbonyl (C=O) groups excluding carboxylic acids is 4. The molecule has 0 aliphatic carbocycles. The Kier molecular flexibility index (Phi) is 17.1. The minimum atomic E-state index is -3.50. The van der Waals surface area contributed by atoms with Gasteiger partial charge in [-0.3, -0.25) is 18.7 Å². The Balaban J connectivity index is 0.000000266. The Morgan fingerprint density at radius 1 is 0.704 bits per heavy atom. The molecule has 0 spiro atoms. The Morgan fingerprint density at radius 2 is 1.19 bits per heavy atom. The zero-order chi connectivity index (χ0) is 39.3. The average Bonchev–Trinajstić information content (AvgIpc) is 3.68. The quantitative estimate of drug-likeness (QED) is 0.127. The van der Waals surface area contributed by atoms with Gasteiger partial charge in [-0.05, 0) is 117 Å². The third-order valence-electron chi connectivity index (χ3n) is 11.4. The van der Waals surface area contributed by atoms with Crippen molar-refractivity contribution >= 4 is 34.2 Å². The molecule has 5 rings (SSSR count). The van der Waals surface area contributed by atoms with Gasteiger partial charge >= 0.3 is 24.1 Å². The summed E-state index contributed by atoms with van der Waals surface area (Å²) in [5.74, 6) is 0.367. The van der Waals surface area contributed by atoms with E-state index in [2.05, 4.69) is 28.5 Å². The Morgan fingerprint density at radius 3 is 1.65 bits per heavy atom. The molecule has 5 aliphatic rings. The van der Waals surface area contributed by atoms with Crippen LogP contribution in [0.4, 0.5) is 9.59 Å². The number of likely N-dealkylation sites (tertiary alicyclic amines) is 3. The van der Waals surface area contributed by atoms with E-state index in [-0.39, 0.29) is 43.3 Å². The smallest absolute Gasteiger partial charge is 0.410 e. The van der Waals surface area contributed by atoms with Crippen LogP contribution in [0.3, 0.4) is 0 Å². The van der Waals surface area contributed by atoms with E-state index in [9.17, 15) is 27.6 Å². The lowest BCUT2D eigenvalue weighted by Crippen LogP contribution is -2.48. The van der Waals surface area contributed by atoms with Gasteiger partial charge in [0, 0.05) is 19.6 Å². The van der Waals surface area contributed by atoms with Crippen LogP contribution in [-0.2, 0) is 42.8 Å². The van der Waals surface area contributed by atoms with Crippen LogP contribution in [0, 0.1) is 17.3 Å². The van der Waals surface area contributed by atoms with E-state index in [0.29, 0.717) is 77.2 Å². The average molecular weight is 788 g/mol. The van der Waals surface area contributed by atoms with Crippen molar-refractivity contribution in [2.75, 3.05) is 111 Å². The van der Waals surface area contributed by atoms with Gasteiger partial charge < -0.3 is 38.5 Å². The number of nitrogens with zero attached hydrogens (tertiary/aromatic N) is 5. The van der Waals surface area contributed by atoms with Gasteiger partial charge in [0.15, 0.2) is 0 Å². The van der Waals surface area contributed by atoms with E-state index < -0.39 is 21.6 Å². The molecule has 2 atom stereocenters. The van der Waals surface area contributed by atoms with Gasteiger partial charge in [-0.1, -0.05) is 13.8 Å². The molecule has 0 bridgehead atoms. The molecule has 0 aromatic rings. The molecule has 0 N–H and O–H groups in total. The van der Waals surface area contributed by atoms with Crippen LogP contribution in [0.15, 0.2) is 0 Å². The van der Waals surface area contributed by atoms with Crippen molar-refractivity contribution in [3.05, 3.63) is 0 Å². The van der Waals surface area contributed by atoms with E-state index in [1.807, 2.05) is 4.90 Å². The molecule has 5 heterocycles. The van der Waals surface area contributed by atoms with Crippen molar-refractivity contribution in [1.82, 2.24) is 24.5 Å². The summed E-state index contributed by atoms with van der Waals surface area (Å²) >= 11 is 0. The van der Waals surface area contributed by atoms with Gasteiger partial charge in [0.1, 0.15) is 18.8 Å². The lowest BCUT2D eigenvalue weighted by molar-refractivity contribution is -0.165. The maximum absolute atomic E-state index is 12.7. The van der Waals surface area contributed by atoms with Gasteiger partial charge in [-0.2, -0.15) is 8.42 Å². The van der Waals surface area contributed by atoms with Crippen LogP contribution in [0.1, 0.15) is 72.6 Å². The second kappa shape index (κ2) is 21.0. The van der Waals surface area contributed by atoms with Gasteiger partial charge in [0.05, 0.1) is 44.4 Å². The molecule has 2 unspecified atom stereocenters. The second-order valence-electron chi connectivity index (χ2n) is 15.3. The number of ether oxygens (including phenoxy) is 4. The first-order valence-electron chi connectivity index (χ1n) is 20.0. The number of carbonyl (C=O) groups is 4. The maximum atomic E-state index is 12.7. The predicted molar refractivity (Wildman–Crippen MR) is 200 cm³/mol. The van der Waals surface area contributed by atoms with Crippen molar-refractivity contribution in [2.24, 2.45) is 17.3 Å². The third-order valence-corrected chi connectivity index (χ3v) is 12.0. The third kappa shape index (κ3) is 13.5. The summed E-state index contributed by atoms with van der Waals surface area (Å²) in [6.45, 7) is 19.3. The van der Waals surface area contributed by atoms with Crippen molar-refractivity contribution in [3.8, 4) is 0 Å². The first kappa shape index (κ1) is 44.0. The fourth-order valence-electron chi connectivity index (χ4n) is 8.10. The van der Waals surface area contributed by atoms with Crippen molar-refractivity contribution in [3.63, 3.8) is 0 Å². The Hall–Kier alpha value is -2.73. The molecular weight excluding hydrogens is 722 g/mol. The molecule has 17 heteroatoms. The topological polar surface area (TPSA) is 165 Å². The molecule has 0 aromatic heterocycles. The van der Waals surface area contributed by atoms with Crippen LogP contribution in [-0.4, -0.2) is 180 Å². The zero-order valence-electron chi connectivity index (χ0n) is 33.2. The summed E-state index contributed by atoms with van der Waals surface area (Å²) in [4.78, 5) is 59.7. The summed E-state index contributed by atoms with van der Waals surface area (Å²) < 4.78 is 47.8. The van der Waals surface area contributed by atoms with Gasteiger partial charge in [0.25, 0.3) is 10.1 Å². The summed E-state index contributed by atoms with van der Waals surface area (Å²) in [6.07, 6.45) is 5.31. The van der Waals surface area contributed by atoms with Gasteiger partial charge in [0.2, 0.25) is 0 Å².